The summed E-state index contributed by atoms with van der Waals surface area (Å²) in [4.78, 5) is 52.6. The van der Waals surface area contributed by atoms with Crippen LogP contribution in [-0.4, -0.2) is 52.6 Å². The van der Waals surface area contributed by atoms with E-state index in [1.54, 1.807) is 29.2 Å². The molecule has 9 heteroatoms. The molecule has 1 atom stereocenters. The van der Waals surface area contributed by atoms with Crippen molar-refractivity contribution < 1.29 is 23.6 Å². The zero-order valence-corrected chi connectivity index (χ0v) is 19.6. The molecule has 3 aliphatic heterocycles. The minimum Gasteiger partial charge on any atom is -0.342 e. The van der Waals surface area contributed by atoms with Crippen molar-refractivity contribution in [3.8, 4) is 6.07 Å². The second-order valence-corrected chi connectivity index (χ2v) is 9.57. The maximum atomic E-state index is 15.1. The fourth-order valence-corrected chi connectivity index (χ4v) is 5.40. The molecule has 2 saturated heterocycles. The largest absolute Gasteiger partial charge is 0.342 e. The number of amides is 4. The first-order valence-electron chi connectivity index (χ1n) is 12.1. The SMILES string of the molecule is N#Cc1cccc(CC(=O)N2CCC(c3cc4c(cc3F)C(=O)N(C3CCC(=O)NC3=O)C4)CC2)c1. The van der Waals surface area contributed by atoms with E-state index >= 15 is 4.39 Å². The van der Waals surface area contributed by atoms with Gasteiger partial charge in [0.25, 0.3) is 5.91 Å². The average molecular weight is 489 g/mol. The van der Waals surface area contributed by atoms with E-state index in [1.807, 2.05) is 6.07 Å². The van der Waals surface area contributed by atoms with Gasteiger partial charge in [-0.25, -0.2) is 4.39 Å². The summed E-state index contributed by atoms with van der Waals surface area (Å²) in [5, 5.41) is 11.3. The van der Waals surface area contributed by atoms with Crippen LogP contribution in [0.2, 0.25) is 0 Å². The van der Waals surface area contributed by atoms with Gasteiger partial charge in [0.05, 0.1) is 18.1 Å². The van der Waals surface area contributed by atoms with Crippen molar-refractivity contribution in [3.63, 3.8) is 0 Å². The van der Waals surface area contributed by atoms with Gasteiger partial charge in [0, 0.05) is 31.6 Å². The number of piperidine rings is 2. The Morgan fingerprint density at radius 2 is 1.89 bits per heavy atom. The molecule has 36 heavy (non-hydrogen) atoms. The van der Waals surface area contributed by atoms with Gasteiger partial charge in [-0.3, -0.25) is 24.5 Å². The molecule has 0 bridgehead atoms. The summed E-state index contributed by atoms with van der Waals surface area (Å²) in [6.45, 7) is 1.20. The minimum absolute atomic E-state index is 0.0246. The summed E-state index contributed by atoms with van der Waals surface area (Å²) in [7, 11) is 0. The lowest BCUT2D eigenvalue weighted by Crippen LogP contribution is -2.52. The molecule has 0 aliphatic carbocycles. The second-order valence-electron chi connectivity index (χ2n) is 9.57. The summed E-state index contributed by atoms with van der Waals surface area (Å²) in [6.07, 6.45) is 1.84. The number of imide groups is 1. The monoisotopic (exact) mass is 488 g/mol. The fraction of sp³-hybridized carbons (Fsp3) is 0.370. The zero-order valence-electron chi connectivity index (χ0n) is 19.6. The first kappa shape index (κ1) is 23.7. The maximum absolute atomic E-state index is 15.1. The first-order valence-corrected chi connectivity index (χ1v) is 12.1. The average Bonchev–Trinajstić information content (AvgIpc) is 3.18. The molecule has 0 saturated carbocycles. The molecule has 0 aromatic heterocycles. The van der Waals surface area contributed by atoms with Gasteiger partial charge in [-0.15, -0.1) is 0 Å². The Hall–Kier alpha value is -4.06. The molecule has 4 amide bonds. The van der Waals surface area contributed by atoms with Crippen LogP contribution >= 0.6 is 0 Å². The van der Waals surface area contributed by atoms with Crippen LogP contribution in [0.3, 0.4) is 0 Å². The molecule has 1 N–H and O–H groups in total. The number of hydrogen-bond acceptors (Lipinski definition) is 5. The number of carbonyl (C=O) groups excluding carboxylic acids is 4. The molecule has 2 aromatic carbocycles. The molecule has 1 unspecified atom stereocenters. The number of nitrogens with zero attached hydrogens (tertiary/aromatic N) is 3. The second kappa shape index (κ2) is 9.53. The van der Waals surface area contributed by atoms with Crippen LogP contribution in [-0.2, 0) is 27.3 Å². The van der Waals surface area contributed by atoms with E-state index in [2.05, 4.69) is 11.4 Å². The Morgan fingerprint density at radius 3 is 2.61 bits per heavy atom. The molecular weight excluding hydrogens is 463 g/mol. The molecule has 5 rings (SSSR count). The highest BCUT2D eigenvalue weighted by Crippen LogP contribution is 2.35. The summed E-state index contributed by atoms with van der Waals surface area (Å²) in [6, 6.07) is 11.3. The summed E-state index contributed by atoms with van der Waals surface area (Å²) >= 11 is 0. The van der Waals surface area contributed by atoms with E-state index in [1.165, 1.54) is 11.0 Å². The molecular formula is C27H25FN4O4. The van der Waals surface area contributed by atoms with E-state index < -0.39 is 23.7 Å². The van der Waals surface area contributed by atoms with Crippen LogP contribution in [0.25, 0.3) is 0 Å². The van der Waals surface area contributed by atoms with Crippen molar-refractivity contribution in [2.24, 2.45) is 0 Å². The van der Waals surface area contributed by atoms with Gasteiger partial charge >= 0.3 is 0 Å². The topological polar surface area (TPSA) is 111 Å². The Balaban J connectivity index is 1.24. The number of rotatable bonds is 4. The van der Waals surface area contributed by atoms with Gasteiger partial charge in [-0.05, 0) is 60.1 Å². The summed E-state index contributed by atoms with van der Waals surface area (Å²) < 4.78 is 15.1. The van der Waals surface area contributed by atoms with Crippen LogP contribution in [0.15, 0.2) is 36.4 Å². The van der Waals surface area contributed by atoms with Crippen molar-refractivity contribution in [1.82, 2.24) is 15.1 Å². The van der Waals surface area contributed by atoms with Crippen LogP contribution in [0.4, 0.5) is 4.39 Å². The Kier molecular flexibility index (Phi) is 6.27. The van der Waals surface area contributed by atoms with Crippen molar-refractivity contribution in [2.45, 2.75) is 50.6 Å². The molecule has 2 fully saturated rings. The van der Waals surface area contributed by atoms with E-state index in [9.17, 15) is 19.2 Å². The quantitative estimate of drug-likeness (QED) is 0.665. The van der Waals surface area contributed by atoms with Crippen molar-refractivity contribution in [3.05, 3.63) is 70.0 Å². The lowest BCUT2D eigenvalue weighted by atomic mass is 9.87. The number of fused-ring (bicyclic) bond motifs is 1. The number of hydrogen-bond donors (Lipinski definition) is 1. The minimum atomic E-state index is -0.739. The molecule has 0 spiro atoms. The number of carbonyl (C=O) groups is 4. The first-order chi connectivity index (χ1) is 17.3. The Morgan fingerprint density at radius 1 is 1.11 bits per heavy atom. The number of nitrogens with one attached hydrogen (secondary N) is 1. The highest BCUT2D eigenvalue weighted by molar-refractivity contribution is 6.05. The smallest absolute Gasteiger partial charge is 0.255 e. The normalized spacial score (nSPS) is 20.2. The van der Waals surface area contributed by atoms with Gasteiger partial charge in [-0.2, -0.15) is 5.26 Å². The lowest BCUT2D eigenvalue weighted by Gasteiger charge is -2.32. The molecule has 3 heterocycles. The van der Waals surface area contributed by atoms with Gasteiger partial charge in [0.15, 0.2) is 0 Å². The van der Waals surface area contributed by atoms with Crippen molar-refractivity contribution in [2.75, 3.05) is 13.1 Å². The maximum Gasteiger partial charge on any atom is 0.255 e. The van der Waals surface area contributed by atoms with Gasteiger partial charge in [-0.1, -0.05) is 18.2 Å². The molecule has 2 aromatic rings. The van der Waals surface area contributed by atoms with E-state index in [0.29, 0.717) is 42.6 Å². The zero-order chi connectivity index (χ0) is 25.4. The Labute approximate surface area is 207 Å². The van der Waals surface area contributed by atoms with E-state index in [0.717, 1.165) is 5.56 Å². The number of nitriles is 1. The number of likely N-dealkylation sites (tertiary alicyclic amines) is 1. The van der Waals surface area contributed by atoms with Gasteiger partial charge in [0.1, 0.15) is 11.9 Å². The molecule has 8 nitrogen and oxygen atoms in total. The summed E-state index contributed by atoms with van der Waals surface area (Å²) in [5.41, 5.74) is 2.77. The highest BCUT2D eigenvalue weighted by atomic mass is 19.1. The number of halogens is 1. The predicted molar refractivity (Wildman–Crippen MR) is 126 cm³/mol. The third-order valence-electron chi connectivity index (χ3n) is 7.34. The van der Waals surface area contributed by atoms with E-state index in [-0.39, 0.29) is 49.1 Å². The van der Waals surface area contributed by atoms with Gasteiger partial charge in [0.2, 0.25) is 17.7 Å². The Bertz CT molecular complexity index is 1310. The summed E-state index contributed by atoms with van der Waals surface area (Å²) in [5.74, 6) is -1.81. The van der Waals surface area contributed by atoms with E-state index in [4.69, 9.17) is 5.26 Å². The molecule has 3 aliphatic rings. The standard InChI is InChI=1S/C27H25FN4O4/c28-22-13-21-19(15-32(27(21)36)23-4-5-24(33)30-26(23)35)12-20(22)18-6-8-31(9-7-18)25(34)11-16-2-1-3-17(10-16)14-29/h1-3,10,12-13,18,23H,4-9,11,15H2,(H,30,33,35). The van der Waals surface area contributed by atoms with Crippen LogP contribution < -0.4 is 5.32 Å². The molecule has 0 radical (unpaired) electrons. The van der Waals surface area contributed by atoms with Crippen LogP contribution in [0.5, 0.6) is 0 Å². The fourth-order valence-electron chi connectivity index (χ4n) is 5.40. The lowest BCUT2D eigenvalue weighted by molar-refractivity contribution is -0.137. The predicted octanol–water partition coefficient (Wildman–Crippen LogP) is 2.41. The number of benzene rings is 2. The molecule has 184 valence electrons. The van der Waals surface area contributed by atoms with Gasteiger partial charge < -0.3 is 9.80 Å². The van der Waals surface area contributed by atoms with Crippen LogP contribution in [0, 0.1) is 17.1 Å². The van der Waals surface area contributed by atoms with Crippen molar-refractivity contribution in [1.29, 1.82) is 5.26 Å². The highest BCUT2D eigenvalue weighted by Gasteiger charge is 2.40. The third-order valence-corrected chi connectivity index (χ3v) is 7.34. The van der Waals surface area contributed by atoms with Crippen molar-refractivity contribution >= 4 is 23.6 Å². The van der Waals surface area contributed by atoms with Crippen LogP contribution in [0.1, 0.15) is 64.2 Å². The third kappa shape index (κ3) is 4.47.